The number of anilines is 2. The number of aromatic nitrogens is 1. The van der Waals surface area contributed by atoms with Crippen LogP contribution in [0.15, 0.2) is 30.3 Å². The Bertz CT molecular complexity index is 591. The molecule has 2 heterocycles. The van der Waals surface area contributed by atoms with Crippen LogP contribution in [0.4, 0.5) is 11.5 Å². The van der Waals surface area contributed by atoms with Gasteiger partial charge in [0.25, 0.3) is 0 Å². The molecule has 1 saturated heterocycles. The molecule has 1 aliphatic rings. The highest BCUT2D eigenvalue weighted by Gasteiger charge is 2.29. The van der Waals surface area contributed by atoms with Crippen LogP contribution in [0.2, 0.25) is 0 Å². The summed E-state index contributed by atoms with van der Waals surface area (Å²) in [4.78, 5) is 4.63. The number of pyridine rings is 1. The van der Waals surface area contributed by atoms with Crippen LogP contribution in [-0.4, -0.2) is 22.0 Å². The summed E-state index contributed by atoms with van der Waals surface area (Å²) >= 11 is 2.06. The van der Waals surface area contributed by atoms with Gasteiger partial charge in [-0.05, 0) is 55.9 Å². The van der Waals surface area contributed by atoms with Crippen LogP contribution >= 0.6 is 11.8 Å². The third-order valence-corrected chi connectivity index (χ3v) is 5.20. The van der Waals surface area contributed by atoms with E-state index in [1.807, 2.05) is 24.3 Å². The van der Waals surface area contributed by atoms with Gasteiger partial charge in [-0.2, -0.15) is 11.8 Å². The van der Waals surface area contributed by atoms with Gasteiger partial charge in [-0.25, -0.2) is 4.98 Å². The van der Waals surface area contributed by atoms with Crippen LogP contribution in [0.3, 0.4) is 0 Å². The Morgan fingerprint density at radius 2 is 2.26 bits per heavy atom. The zero-order chi connectivity index (χ0) is 13.3. The van der Waals surface area contributed by atoms with E-state index in [0.29, 0.717) is 4.75 Å². The molecular formula is C15H19N3S. The highest BCUT2D eigenvalue weighted by molar-refractivity contribution is 8.00. The van der Waals surface area contributed by atoms with Crippen molar-refractivity contribution in [3.05, 3.63) is 30.3 Å². The molecule has 19 heavy (non-hydrogen) atoms. The summed E-state index contributed by atoms with van der Waals surface area (Å²) in [6, 6.07) is 9.94. The molecule has 0 radical (unpaired) electrons. The van der Waals surface area contributed by atoms with Crippen LogP contribution < -0.4 is 11.1 Å². The Balaban J connectivity index is 1.76. The molecule has 0 spiro atoms. The van der Waals surface area contributed by atoms with Crippen molar-refractivity contribution < 1.29 is 0 Å². The lowest BCUT2D eigenvalue weighted by Crippen LogP contribution is -2.27. The number of fused-ring (bicyclic) bond motifs is 1. The quantitative estimate of drug-likeness (QED) is 0.840. The summed E-state index contributed by atoms with van der Waals surface area (Å²) in [5.74, 6) is 2.23. The third-order valence-electron chi connectivity index (χ3n) is 3.66. The lowest BCUT2D eigenvalue weighted by Gasteiger charge is -2.23. The first-order chi connectivity index (χ1) is 9.15. The average molecular weight is 273 g/mol. The maximum Gasteiger partial charge on any atom is 0.126 e. The molecule has 0 aliphatic carbocycles. The fourth-order valence-corrected chi connectivity index (χ4v) is 3.74. The van der Waals surface area contributed by atoms with Crippen molar-refractivity contribution in [2.45, 2.75) is 24.5 Å². The van der Waals surface area contributed by atoms with Gasteiger partial charge in [0.2, 0.25) is 0 Å². The van der Waals surface area contributed by atoms with Crippen LogP contribution in [0.1, 0.15) is 19.8 Å². The number of nitrogens with two attached hydrogens (primary N) is 1. The first-order valence-electron chi connectivity index (χ1n) is 6.69. The maximum atomic E-state index is 5.77. The zero-order valence-electron chi connectivity index (χ0n) is 11.1. The van der Waals surface area contributed by atoms with Crippen molar-refractivity contribution in [3.8, 4) is 0 Å². The second kappa shape index (κ2) is 4.93. The maximum absolute atomic E-state index is 5.77. The Hall–Kier alpha value is -1.42. The summed E-state index contributed by atoms with van der Waals surface area (Å²) in [6.07, 6.45) is 2.61. The lowest BCUT2D eigenvalue weighted by atomic mass is 10.1. The fraction of sp³-hybridized carbons (Fsp3) is 0.400. The standard InChI is InChI=1S/C15H19N3S/c1-15(7-2-8-19-15)10-17-14-6-3-11-9-12(16)4-5-13(11)18-14/h3-6,9H,2,7-8,10,16H2,1H3,(H,17,18). The number of nitrogens with zero attached hydrogens (tertiary/aromatic N) is 1. The van der Waals surface area contributed by atoms with Crippen molar-refractivity contribution in [1.29, 1.82) is 0 Å². The monoisotopic (exact) mass is 273 g/mol. The number of hydrogen-bond donors (Lipinski definition) is 2. The van der Waals surface area contributed by atoms with Crippen LogP contribution in [0.25, 0.3) is 10.9 Å². The van der Waals surface area contributed by atoms with Gasteiger partial charge in [0.15, 0.2) is 0 Å². The molecule has 1 aromatic carbocycles. The molecule has 0 amide bonds. The van der Waals surface area contributed by atoms with E-state index < -0.39 is 0 Å². The minimum atomic E-state index is 0.359. The van der Waals surface area contributed by atoms with Gasteiger partial charge in [0.05, 0.1) is 5.52 Å². The molecule has 0 saturated carbocycles. The largest absolute Gasteiger partial charge is 0.399 e. The molecule has 0 bridgehead atoms. The van der Waals surface area contributed by atoms with E-state index in [2.05, 4.69) is 35.1 Å². The highest BCUT2D eigenvalue weighted by atomic mass is 32.2. The lowest BCUT2D eigenvalue weighted by molar-refractivity contribution is 0.634. The molecule has 3 rings (SSSR count). The van der Waals surface area contributed by atoms with Gasteiger partial charge < -0.3 is 11.1 Å². The molecule has 3 nitrogen and oxygen atoms in total. The molecule has 1 aliphatic heterocycles. The summed E-state index contributed by atoms with van der Waals surface area (Å²) in [5, 5.41) is 4.56. The highest BCUT2D eigenvalue weighted by Crippen LogP contribution is 2.37. The minimum absolute atomic E-state index is 0.359. The molecule has 2 aromatic rings. The van der Waals surface area contributed by atoms with E-state index in [1.165, 1.54) is 18.6 Å². The van der Waals surface area contributed by atoms with Gasteiger partial charge in [-0.1, -0.05) is 0 Å². The smallest absolute Gasteiger partial charge is 0.126 e. The molecule has 3 N–H and O–H groups in total. The number of thioether (sulfide) groups is 1. The second-order valence-electron chi connectivity index (χ2n) is 5.40. The topological polar surface area (TPSA) is 50.9 Å². The van der Waals surface area contributed by atoms with Gasteiger partial charge >= 0.3 is 0 Å². The van der Waals surface area contributed by atoms with Gasteiger partial charge in [-0.15, -0.1) is 0 Å². The van der Waals surface area contributed by atoms with E-state index in [0.717, 1.165) is 29.0 Å². The number of hydrogen-bond acceptors (Lipinski definition) is 4. The van der Waals surface area contributed by atoms with E-state index in [4.69, 9.17) is 5.73 Å². The first kappa shape index (κ1) is 12.6. The number of nitrogen functional groups attached to an aromatic ring is 1. The summed E-state index contributed by atoms with van der Waals surface area (Å²) in [6.45, 7) is 3.31. The van der Waals surface area contributed by atoms with Crippen molar-refractivity contribution in [2.75, 3.05) is 23.3 Å². The molecule has 100 valence electrons. The van der Waals surface area contributed by atoms with E-state index in [1.54, 1.807) is 0 Å². The third kappa shape index (κ3) is 2.78. The minimum Gasteiger partial charge on any atom is -0.399 e. The number of rotatable bonds is 3. The number of nitrogens with one attached hydrogen (secondary N) is 1. The molecule has 1 fully saturated rings. The Morgan fingerprint density at radius 1 is 1.37 bits per heavy atom. The van der Waals surface area contributed by atoms with Gasteiger partial charge in [0.1, 0.15) is 5.82 Å². The summed E-state index contributed by atoms with van der Waals surface area (Å²) in [7, 11) is 0. The second-order valence-corrected chi connectivity index (χ2v) is 7.09. The first-order valence-corrected chi connectivity index (χ1v) is 7.67. The Kier molecular flexibility index (Phi) is 3.27. The molecule has 4 heteroatoms. The fourth-order valence-electron chi connectivity index (χ4n) is 2.50. The van der Waals surface area contributed by atoms with Crippen molar-refractivity contribution >= 4 is 34.2 Å². The summed E-state index contributed by atoms with van der Waals surface area (Å²) in [5.41, 5.74) is 7.55. The molecule has 1 unspecified atom stereocenters. The summed E-state index contributed by atoms with van der Waals surface area (Å²) < 4.78 is 0.359. The van der Waals surface area contributed by atoms with E-state index >= 15 is 0 Å². The predicted molar refractivity (Wildman–Crippen MR) is 84.7 cm³/mol. The van der Waals surface area contributed by atoms with Gasteiger partial charge in [-0.3, -0.25) is 0 Å². The van der Waals surface area contributed by atoms with E-state index in [9.17, 15) is 0 Å². The predicted octanol–water partition coefficient (Wildman–Crippen LogP) is 3.51. The molecular weight excluding hydrogens is 254 g/mol. The molecule has 1 aromatic heterocycles. The molecule has 1 atom stereocenters. The SMILES string of the molecule is CC1(CNc2ccc3cc(N)ccc3n2)CCCS1. The van der Waals surface area contributed by atoms with Gasteiger partial charge in [0, 0.05) is 22.4 Å². The normalized spacial score (nSPS) is 22.8. The van der Waals surface area contributed by atoms with Crippen LogP contribution in [-0.2, 0) is 0 Å². The van der Waals surface area contributed by atoms with E-state index in [-0.39, 0.29) is 0 Å². The van der Waals surface area contributed by atoms with Crippen molar-refractivity contribution in [2.24, 2.45) is 0 Å². The Morgan fingerprint density at radius 3 is 3.05 bits per heavy atom. The zero-order valence-corrected chi connectivity index (χ0v) is 12.0. The number of benzene rings is 1. The van der Waals surface area contributed by atoms with Crippen LogP contribution in [0, 0.1) is 0 Å². The van der Waals surface area contributed by atoms with Crippen LogP contribution in [0.5, 0.6) is 0 Å². The van der Waals surface area contributed by atoms with Crippen molar-refractivity contribution in [1.82, 2.24) is 4.98 Å². The Labute approximate surface area is 118 Å². The average Bonchev–Trinajstić information content (AvgIpc) is 2.84. The van der Waals surface area contributed by atoms with Crippen molar-refractivity contribution in [3.63, 3.8) is 0 Å².